The van der Waals surface area contributed by atoms with Crippen molar-refractivity contribution in [3.63, 3.8) is 0 Å². The van der Waals surface area contributed by atoms with E-state index in [0.717, 1.165) is 10.9 Å². The number of carbonyl (C=O) groups excluding carboxylic acids is 1. The molecule has 0 radical (unpaired) electrons. The van der Waals surface area contributed by atoms with Crippen molar-refractivity contribution in [3.05, 3.63) is 47.8 Å². The van der Waals surface area contributed by atoms with Gasteiger partial charge in [0.15, 0.2) is 0 Å². The van der Waals surface area contributed by atoms with Gasteiger partial charge < -0.3 is 10.3 Å². The minimum atomic E-state index is -0.322. The Labute approximate surface area is 108 Å². The van der Waals surface area contributed by atoms with Gasteiger partial charge in [0, 0.05) is 10.9 Å². The average Bonchev–Trinajstić information content (AvgIpc) is 3.03. The first-order chi connectivity index (χ1) is 9.28. The monoisotopic (exact) mass is 251 g/mol. The van der Waals surface area contributed by atoms with Gasteiger partial charge >= 0.3 is 0 Å². The standard InChI is InChI=1S/C13H9N5O/c14-6-9-7-15-18-12(9)17-13(19)11-5-8-3-1-2-4-10(8)16-11/h1-5,7,16H,(H2,15,17,18,19). The second kappa shape index (κ2) is 4.31. The van der Waals surface area contributed by atoms with E-state index in [0.29, 0.717) is 17.1 Å². The molecule has 1 aromatic carbocycles. The topological polar surface area (TPSA) is 97.4 Å². The maximum absolute atomic E-state index is 12.1. The molecule has 0 aliphatic rings. The molecule has 3 aromatic rings. The van der Waals surface area contributed by atoms with E-state index in [2.05, 4.69) is 20.5 Å². The lowest BCUT2D eigenvalue weighted by Crippen LogP contribution is -2.13. The normalized spacial score (nSPS) is 10.3. The van der Waals surface area contributed by atoms with E-state index >= 15 is 0 Å². The number of para-hydroxylation sites is 1. The average molecular weight is 251 g/mol. The Bertz CT molecular complexity index is 760. The van der Waals surface area contributed by atoms with Crippen LogP contribution in [0.25, 0.3) is 10.9 Å². The highest BCUT2D eigenvalue weighted by atomic mass is 16.2. The quantitative estimate of drug-likeness (QED) is 0.649. The van der Waals surface area contributed by atoms with Gasteiger partial charge in [0.2, 0.25) is 0 Å². The van der Waals surface area contributed by atoms with E-state index in [9.17, 15) is 4.79 Å². The number of carbonyl (C=O) groups is 1. The van der Waals surface area contributed by atoms with Gasteiger partial charge in [-0.15, -0.1) is 0 Å². The molecule has 0 aliphatic carbocycles. The van der Waals surface area contributed by atoms with Crippen molar-refractivity contribution in [3.8, 4) is 6.07 Å². The number of aromatic amines is 2. The Morgan fingerprint density at radius 2 is 2.21 bits per heavy atom. The van der Waals surface area contributed by atoms with Crippen LogP contribution in [-0.2, 0) is 0 Å². The SMILES string of the molecule is N#Cc1cn[nH]c1NC(=O)c1cc2ccccc2[nH]1. The molecular weight excluding hydrogens is 242 g/mol. The molecule has 3 rings (SSSR count). The smallest absolute Gasteiger partial charge is 0.273 e. The van der Waals surface area contributed by atoms with Crippen LogP contribution in [0.1, 0.15) is 16.1 Å². The Kier molecular flexibility index (Phi) is 2.50. The highest BCUT2D eigenvalue weighted by molar-refractivity contribution is 6.05. The van der Waals surface area contributed by atoms with Crippen molar-refractivity contribution in [1.29, 1.82) is 5.26 Å². The Morgan fingerprint density at radius 3 is 3.00 bits per heavy atom. The van der Waals surface area contributed by atoms with Crippen molar-refractivity contribution >= 4 is 22.6 Å². The predicted octanol–water partition coefficient (Wildman–Crippen LogP) is 2.01. The fraction of sp³-hybridized carbons (Fsp3) is 0. The molecule has 0 spiro atoms. The molecule has 0 saturated heterocycles. The fourth-order valence-corrected chi connectivity index (χ4v) is 1.84. The van der Waals surface area contributed by atoms with Gasteiger partial charge in [-0.3, -0.25) is 9.89 Å². The third-order valence-corrected chi connectivity index (χ3v) is 2.77. The number of hydrogen-bond donors (Lipinski definition) is 3. The van der Waals surface area contributed by atoms with Gasteiger partial charge in [-0.2, -0.15) is 10.4 Å². The van der Waals surface area contributed by atoms with Crippen LogP contribution in [-0.4, -0.2) is 21.1 Å². The summed E-state index contributed by atoms with van der Waals surface area (Å²) >= 11 is 0. The Hall–Kier alpha value is -3.07. The summed E-state index contributed by atoms with van der Waals surface area (Å²) in [5.74, 6) is -0.0249. The molecule has 19 heavy (non-hydrogen) atoms. The fourth-order valence-electron chi connectivity index (χ4n) is 1.84. The first kappa shape index (κ1) is 11.0. The van der Waals surface area contributed by atoms with Crippen LogP contribution >= 0.6 is 0 Å². The van der Waals surface area contributed by atoms with Gasteiger partial charge in [-0.1, -0.05) is 18.2 Å². The molecule has 0 atom stereocenters. The van der Waals surface area contributed by atoms with E-state index in [1.807, 2.05) is 30.3 Å². The number of benzene rings is 1. The molecule has 1 amide bonds. The molecule has 2 heterocycles. The summed E-state index contributed by atoms with van der Waals surface area (Å²) in [6.45, 7) is 0. The number of H-pyrrole nitrogens is 2. The summed E-state index contributed by atoms with van der Waals surface area (Å²) in [4.78, 5) is 15.1. The van der Waals surface area contributed by atoms with Gasteiger partial charge in [0.1, 0.15) is 23.1 Å². The summed E-state index contributed by atoms with van der Waals surface area (Å²) in [5.41, 5.74) is 1.61. The second-order valence-corrected chi connectivity index (χ2v) is 3.99. The van der Waals surface area contributed by atoms with Crippen LogP contribution in [0, 0.1) is 11.3 Å². The number of hydrogen-bond acceptors (Lipinski definition) is 3. The van der Waals surface area contributed by atoms with Crippen LogP contribution < -0.4 is 5.32 Å². The molecule has 3 N–H and O–H groups in total. The summed E-state index contributed by atoms with van der Waals surface area (Å²) in [6, 6.07) is 11.3. The zero-order valence-electron chi connectivity index (χ0n) is 9.77. The molecule has 0 aliphatic heterocycles. The lowest BCUT2D eigenvalue weighted by Gasteiger charge is -2.00. The number of rotatable bonds is 2. The third-order valence-electron chi connectivity index (χ3n) is 2.77. The molecule has 92 valence electrons. The minimum absolute atomic E-state index is 0.296. The van der Waals surface area contributed by atoms with Gasteiger partial charge in [0.25, 0.3) is 5.91 Å². The van der Waals surface area contributed by atoms with E-state index in [1.165, 1.54) is 6.20 Å². The number of aromatic nitrogens is 3. The van der Waals surface area contributed by atoms with E-state index in [1.54, 1.807) is 6.07 Å². The zero-order chi connectivity index (χ0) is 13.2. The number of anilines is 1. The highest BCUT2D eigenvalue weighted by Gasteiger charge is 2.12. The van der Waals surface area contributed by atoms with Crippen molar-refractivity contribution in [2.24, 2.45) is 0 Å². The van der Waals surface area contributed by atoms with Gasteiger partial charge in [0.05, 0.1) is 6.20 Å². The molecule has 2 aromatic heterocycles. The van der Waals surface area contributed by atoms with Crippen LogP contribution in [0.15, 0.2) is 36.5 Å². The van der Waals surface area contributed by atoms with E-state index < -0.39 is 0 Å². The number of amides is 1. The van der Waals surface area contributed by atoms with E-state index in [4.69, 9.17) is 5.26 Å². The van der Waals surface area contributed by atoms with Crippen molar-refractivity contribution < 1.29 is 4.79 Å². The Morgan fingerprint density at radius 1 is 1.37 bits per heavy atom. The number of nitrogens with one attached hydrogen (secondary N) is 3. The Balaban J connectivity index is 1.90. The van der Waals surface area contributed by atoms with Crippen molar-refractivity contribution in [1.82, 2.24) is 15.2 Å². The molecular formula is C13H9N5O. The number of fused-ring (bicyclic) bond motifs is 1. The van der Waals surface area contributed by atoms with Crippen LogP contribution in [0.5, 0.6) is 0 Å². The third kappa shape index (κ3) is 1.93. The minimum Gasteiger partial charge on any atom is -0.351 e. The maximum Gasteiger partial charge on any atom is 0.273 e. The summed E-state index contributed by atoms with van der Waals surface area (Å²) < 4.78 is 0. The molecule has 0 unspecified atom stereocenters. The van der Waals surface area contributed by atoms with Gasteiger partial charge in [-0.25, -0.2) is 0 Å². The van der Waals surface area contributed by atoms with Crippen LogP contribution in [0.4, 0.5) is 5.82 Å². The molecule has 0 bridgehead atoms. The first-order valence-electron chi connectivity index (χ1n) is 5.60. The van der Waals surface area contributed by atoms with Crippen LogP contribution in [0.2, 0.25) is 0 Å². The van der Waals surface area contributed by atoms with Gasteiger partial charge in [-0.05, 0) is 12.1 Å². The summed E-state index contributed by atoms with van der Waals surface area (Å²) in [7, 11) is 0. The molecule has 6 nitrogen and oxygen atoms in total. The second-order valence-electron chi connectivity index (χ2n) is 3.99. The first-order valence-corrected chi connectivity index (χ1v) is 5.60. The lowest BCUT2D eigenvalue weighted by molar-refractivity contribution is 0.102. The maximum atomic E-state index is 12.1. The summed E-state index contributed by atoms with van der Waals surface area (Å²) in [6.07, 6.45) is 1.36. The van der Waals surface area contributed by atoms with E-state index in [-0.39, 0.29) is 5.91 Å². The lowest BCUT2D eigenvalue weighted by atomic mass is 10.2. The molecule has 0 fully saturated rings. The predicted molar refractivity (Wildman–Crippen MR) is 69.6 cm³/mol. The number of nitrogens with zero attached hydrogens (tertiary/aromatic N) is 2. The van der Waals surface area contributed by atoms with Crippen molar-refractivity contribution in [2.45, 2.75) is 0 Å². The van der Waals surface area contributed by atoms with Crippen LogP contribution in [0.3, 0.4) is 0 Å². The largest absolute Gasteiger partial charge is 0.351 e. The molecule has 0 saturated carbocycles. The summed E-state index contributed by atoms with van der Waals surface area (Å²) in [5, 5.41) is 18.7. The molecule has 6 heteroatoms. The number of nitriles is 1. The van der Waals surface area contributed by atoms with Crippen molar-refractivity contribution in [2.75, 3.05) is 5.32 Å². The highest BCUT2D eigenvalue weighted by Crippen LogP contribution is 2.16. The zero-order valence-corrected chi connectivity index (χ0v) is 9.77.